The number of rotatable bonds is 15. The average Bonchev–Trinajstić information content (AvgIpc) is 1.62. The summed E-state index contributed by atoms with van der Waals surface area (Å²) in [6, 6.07) is 30.1. The third-order valence-electron chi connectivity index (χ3n) is 16.0. The maximum Gasteiger partial charge on any atom is 0.262 e. The number of anilines is 6. The van der Waals surface area contributed by atoms with Crippen LogP contribution in [0, 0.1) is 16.2 Å². The number of benzene rings is 3. The van der Waals surface area contributed by atoms with Crippen LogP contribution in [0.4, 0.5) is 34.9 Å². The molecule has 12 rings (SSSR count). The molecule has 3 aromatic carbocycles. The highest BCUT2D eigenvalue weighted by molar-refractivity contribution is 7.99. The van der Waals surface area contributed by atoms with Crippen LogP contribution in [0.1, 0.15) is 78.8 Å². The Bertz CT molecular complexity index is 4250. The van der Waals surface area contributed by atoms with Gasteiger partial charge in [-0.2, -0.15) is 27.1 Å². The van der Waals surface area contributed by atoms with Gasteiger partial charge >= 0.3 is 0 Å². The Morgan fingerprint density at radius 1 is 0.370 bits per heavy atom. The van der Waals surface area contributed by atoms with Crippen LogP contribution in [-0.4, -0.2) is 201 Å². The molecule has 9 heterocycles. The van der Waals surface area contributed by atoms with Crippen LogP contribution < -0.4 is 37.2 Å². The summed E-state index contributed by atoms with van der Waals surface area (Å²) >= 11 is 19.4. The van der Waals surface area contributed by atoms with Gasteiger partial charge in [0.05, 0.1) is 33.7 Å². The van der Waals surface area contributed by atoms with E-state index in [9.17, 15) is 28.8 Å². The van der Waals surface area contributed by atoms with Gasteiger partial charge < -0.3 is 56.8 Å². The van der Waals surface area contributed by atoms with Crippen molar-refractivity contribution in [1.29, 1.82) is 16.2 Å². The number of thioether (sulfide) groups is 1. The van der Waals surface area contributed by atoms with Crippen LogP contribution in [0.2, 0.25) is 15.1 Å². The van der Waals surface area contributed by atoms with Crippen LogP contribution in [0.15, 0.2) is 146 Å². The summed E-state index contributed by atoms with van der Waals surface area (Å²) in [6.45, 7) is 8.37. The van der Waals surface area contributed by atoms with Crippen LogP contribution in [0.3, 0.4) is 0 Å². The molecule has 10 N–H and O–H groups in total. The number of hydrogen-bond acceptors (Lipinski definition) is 18. The van der Waals surface area contributed by atoms with Crippen molar-refractivity contribution in [2.24, 2.45) is 21.1 Å². The van der Waals surface area contributed by atoms with Gasteiger partial charge in [-0.25, -0.2) is 15.0 Å². The Kier molecular flexibility index (Phi) is 24.1. The monoisotopic (exact) mass is 1430 g/mol. The Labute approximate surface area is 593 Å². The van der Waals surface area contributed by atoms with Gasteiger partial charge in [-0.05, 0) is 79.8 Å². The zero-order valence-electron chi connectivity index (χ0n) is 54.6. The normalized spacial score (nSPS) is 13.7. The summed E-state index contributed by atoms with van der Waals surface area (Å²) in [5.41, 5.74) is 4.05. The number of pyridine rings is 3. The van der Waals surface area contributed by atoms with Crippen molar-refractivity contribution in [2.75, 3.05) is 116 Å². The molecule has 33 heteroatoms. The number of carbonyl (C=O) groups excluding carboxylic acids is 6. The summed E-state index contributed by atoms with van der Waals surface area (Å²) in [5, 5.41) is 58.4. The average molecular weight is 1430 g/mol. The number of halogens is 3. The van der Waals surface area contributed by atoms with E-state index in [2.05, 4.69) is 79.4 Å². The van der Waals surface area contributed by atoms with E-state index in [0.29, 0.717) is 66.7 Å². The molecule has 0 spiro atoms. The standard InChI is InChI=1S/C23H25ClN8O2.C22H23ClN8O2.C22H22ClN7O2S/c1-30-9-11-32(12-10-30)20(25)15-3-5-16(6-4-15)22(33)29-21-18(14-27-31(21)2)23(34)28-19-8-7-17(24)13-26-19;1-30-20(17(13-27-30)22(33)28-18-7-6-16(23)12-26-18)29-21(32)15-4-2-14(3-5-15)19(24)31-10-8-25-9-11-31;1-29-20(17(13-26-29)22(32)27-18-7-6-16(23)12-25-18)28-21(31)15-4-2-14(3-5-15)19(24)30-8-10-33-11-9-30/h3-8,13-14,25H,9-12H2,1-2H3,(H,29,33)(H,26,28,34);2-7,12-13,24-25H,8-11H2,1H3,(H,29,32)(H,26,28,33);2-7,12-13,24H,8-11H2,1H3,(H,28,31)(H,25,27,32). The van der Waals surface area contributed by atoms with Crippen molar-refractivity contribution in [2.45, 2.75) is 0 Å². The first kappa shape index (κ1) is 71.9. The molecular formula is C67H70Cl3N23O6S. The van der Waals surface area contributed by atoms with E-state index >= 15 is 0 Å². The Morgan fingerprint density at radius 3 is 0.960 bits per heavy atom. The molecule has 3 fully saturated rings. The highest BCUT2D eigenvalue weighted by atomic mass is 35.5. The number of amidine groups is 3. The number of hydrogen-bond donors (Lipinski definition) is 10. The first-order valence-corrected chi connectivity index (χ1v) is 33.5. The van der Waals surface area contributed by atoms with Crippen molar-refractivity contribution in [3.8, 4) is 0 Å². The van der Waals surface area contributed by atoms with E-state index in [1.165, 1.54) is 51.2 Å². The van der Waals surface area contributed by atoms with Crippen molar-refractivity contribution >= 4 is 134 Å². The highest BCUT2D eigenvalue weighted by Crippen LogP contribution is 2.24. The van der Waals surface area contributed by atoms with Gasteiger partial charge in [0.1, 0.15) is 69.1 Å². The van der Waals surface area contributed by atoms with E-state index in [1.54, 1.807) is 130 Å². The lowest BCUT2D eigenvalue weighted by Gasteiger charge is -2.34. The molecule has 9 aromatic rings. The van der Waals surface area contributed by atoms with Gasteiger partial charge in [-0.3, -0.25) is 59.0 Å². The van der Waals surface area contributed by atoms with Gasteiger partial charge in [-0.1, -0.05) is 71.2 Å². The van der Waals surface area contributed by atoms with Crippen LogP contribution in [0.25, 0.3) is 0 Å². The van der Waals surface area contributed by atoms with E-state index in [-0.39, 0.29) is 46.0 Å². The molecule has 0 bridgehead atoms. The summed E-state index contributed by atoms with van der Waals surface area (Å²) in [7, 11) is 6.97. The van der Waals surface area contributed by atoms with Crippen molar-refractivity contribution in [3.05, 3.63) is 212 Å². The Hall–Kier alpha value is -10.9. The summed E-state index contributed by atoms with van der Waals surface area (Å²) < 4.78 is 4.25. The summed E-state index contributed by atoms with van der Waals surface area (Å²) in [6.07, 6.45) is 8.41. The molecule has 0 unspecified atom stereocenters. The minimum Gasteiger partial charge on any atom is -0.355 e. The second kappa shape index (κ2) is 33.6. The molecule has 0 atom stereocenters. The van der Waals surface area contributed by atoms with E-state index < -0.39 is 23.6 Å². The molecule has 3 aliphatic heterocycles. The van der Waals surface area contributed by atoms with E-state index in [4.69, 9.17) is 51.0 Å². The number of nitrogens with zero attached hydrogens (tertiary/aromatic N) is 13. The second-order valence-electron chi connectivity index (χ2n) is 22.8. The molecule has 0 radical (unpaired) electrons. The predicted molar refractivity (Wildman–Crippen MR) is 387 cm³/mol. The fourth-order valence-corrected chi connectivity index (χ4v) is 11.5. The number of aromatic nitrogens is 9. The Balaban J connectivity index is 0.000000162. The van der Waals surface area contributed by atoms with Gasteiger partial charge in [0, 0.05) is 150 Å². The fraction of sp³-hybridized carbons (Fsp3) is 0.239. The van der Waals surface area contributed by atoms with Crippen molar-refractivity contribution in [3.63, 3.8) is 0 Å². The summed E-state index contributed by atoms with van der Waals surface area (Å²) in [5.74, 6) is 2.56. The first-order chi connectivity index (χ1) is 48.2. The van der Waals surface area contributed by atoms with Gasteiger partial charge in [-0.15, -0.1) is 0 Å². The molecule has 6 amide bonds. The molecule has 3 saturated heterocycles. The lowest BCUT2D eigenvalue weighted by Crippen LogP contribution is -2.47. The number of carbonyl (C=O) groups is 6. The molecule has 6 aromatic heterocycles. The van der Waals surface area contributed by atoms with Crippen LogP contribution in [0.5, 0.6) is 0 Å². The zero-order valence-corrected chi connectivity index (χ0v) is 57.7. The van der Waals surface area contributed by atoms with Crippen molar-refractivity contribution in [1.82, 2.24) is 69.2 Å². The number of amides is 6. The topological polar surface area (TPSA) is 363 Å². The quantitative estimate of drug-likeness (QED) is 0.0342. The molecule has 516 valence electrons. The third-order valence-corrected chi connectivity index (χ3v) is 17.6. The SMILES string of the molecule is CN1CCN(C(=N)c2ccc(C(=O)Nc3c(C(=O)Nc4ccc(Cl)cn4)cnn3C)cc2)CC1.Cn1ncc(C(=O)Nc2ccc(Cl)cn2)c1NC(=O)c1ccc(C(=N)N2CCNCC2)cc1.Cn1ncc(C(=O)Nc2ccc(Cl)cn2)c1NC(=O)c1ccc(C(=N)N2CCSCC2)cc1. The Morgan fingerprint density at radius 2 is 0.660 bits per heavy atom. The van der Waals surface area contributed by atoms with Gasteiger partial charge in [0.2, 0.25) is 0 Å². The van der Waals surface area contributed by atoms with Gasteiger partial charge in [0.15, 0.2) is 0 Å². The molecule has 3 aliphatic rings. The summed E-state index contributed by atoms with van der Waals surface area (Å²) in [4.78, 5) is 97.1. The van der Waals surface area contributed by atoms with E-state index in [1.807, 2.05) is 26.5 Å². The van der Waals surface area contributed by atoms with E-state index in [0.717, 1.165) is 93.6 Å². The van der Waals surface area contributed by atoms with Crippen molar-refractivity contribution < 1.29 is 28.8 Å². The minimum absolute atomic E-state index is 0.194. The fourth-order valence-electron chi connectivity index (χ4n) is 10.3. The molecule has 0 saturated carbocycles. The maximum atomic E-state index is 12.9. The molecule has 0 aliphatic carbocycles. The number of piperazine rings is 2. The zero-order chi connectivity index (χ0) is 71.0. The van der Waals surface area contributed by atoms with Crippen LogP contribution in [-0.2, 0) is 21.1 Å². The number of aryl methyl sites for hydroxylation is 3. The lowest BCUT2D eigenvalue weighted by molar-refractivity contribution is 0.101. The predicted octanol–water partition coefficient (Wildman–Crippen LogP) is 8.10. The van der Waals surface area contributed by atoms with Gasteiger partial charge in [0.25, 0.3) is 35.4 Å². The third kappa shape index (κ3) is 18.6. The smallest absolute Gasteiger partial charge is 0.262 e. The first-order valence-electron chi connectivity index (χ1n) is 31.2. The van der Waals surface area contributed by atoms with Crippen LogP contribution >= 0.6 is 46.6 Å². The molecule has 100 heavy (non-hydrogen) atoms. The largest absolute Gasteiger partial charge is 0.355 e. The lowest BCUT2D eigenvalue weighted by atomic mass is 10.1. The second-order valence-corrected chi connectivity index (χ2v) is 25.3. The molecule has 29 nitrogen and oxygen atoms in total. The maximum absolute atomic E-state index is 12.9. The minimum atomic E-state index is -0.465. The highest BCUT2D eigenvalue weighted by Gasteiger charge is 2.25. The number of nitrogens with one attached hydrogen (secondary N) is 10. The number of likely N-dealkylation sites (N-methyl/N-ethyl adjacent to an activating group) is 1. The molecular weight excluding hydrogens is 1360 g/mol.